The van der Waals surface area contributed by atoms with Crippen molar-refractivity contribution < 1.29 is 4.74 Å². The van der Waals surface area contributed by atoms with Gasteiger partial charge in [-0.05, 0) is 30.2 Å². The molecular formula is C20H21N5OS. The maximum absolute atomic E-state index is 5.29. The van der Waals surface area contributed by atoms with Crippen LogP contribution in [-0.2, 0) is 13.5 Å². The third-order valence-electron chi connectivity index (χ3n) is 4.58. The lowest BCUT2D eigenvalue weighted by Crippen LogP contribution is -2.17. The number of nitrogens with zero attached hydrogens (tertiary/aromatic N) is 4. The first kappa shape index (κ1) is 17.5. The van der Waals surface area contributed by atoms with Gasteiger partial charge < -0.3 is 14.6 Å². The summed E-state index contributed by atoms with van der Waals surface area (Å²) < 4.78 is 7.31. The van der Waals surface area contributed by atoms with Crippen molar-refractivity contribution in [2.75, 3.05) is 12.4 Å². The molecule has 0 saturated carbocycles. The van der Waals surface area contributed by atoms with E-state index in [4.69, 9.17) is 4.74 Å². The molecule has 3 aromatic heterocycles. The van der Waals surface area contributed by atoms with Crippen molar-refractivity contribution in [3.63, 3.8) is 0 Å². The van der Waals surface area contributed by atoms with Crippen molar-refractivity contribution in [1.82, 2.24) is 19.5 Å². The molecule has 4 aromatic rings. The van der Waals surface area contributed by atoms with Gasteiger partial charge in [0.25, 0.3) is 0 Å². The average molecular weight is 379 g/mol. The molecule has 7 heteroatoms. The van der Waals surface area contributed by atoms with Crippen LogP contribution >= 0.6 is 11.3 Å². The smallest absolute Gasteiger partial charge is 0.139 e. The third-order valence-corrected chi connectivity index (χ3v) is 5.76. The number of benzene rings is 1. The quantitative estimate of drug-likeness (QED) is 0.544. The highest BCUT2D eigenvalue weighted by molar-refractivity contribution is 7.18. The summed E-state index contributed by atoms with van der Waals surface area (Å²) in [5.74, 6) is 2.56. The zero-order valence-electron chi connectivity index (χ0n) is 15.5. The normalized spacial score (nSPS) is 12.3. The molecule has 0 radical (unpaired) electrons. The molecule has 0 amide bonds. The van der Waals surface area contributed by atoms with Gasteiger partial charge in [0.15, 0.2) is 0 Å². The summed E-state index contributed by atoms with van der Waals surface area (Å²) >= 11 is 1.71. The van der Waals surface area contributed by atoms with E-state index in [1.54, 1.807) is 24.8 Å². The Morgan fingerprint density at radius 1 is 1.19 bits per heavy atom. The zero-order chi connectivity index (χ0) is 18.8. The van der Waals surface area contributed by atoms with Crippen LogP contribution in [0.3, 0.4) is 0 Å². The Morgan fingerprint density at radius 2 is 2.00 bits per heavy atom. The second-order valence-electron chi connectivity index (χ2n) is 6.25. The average Bonchev–Trinajstić information content (AvgIpc) is 3.32. The number of anilines is 1. The van der Waals surface area contributed by atoms with Crippen molar-refractivity contribution in [1.29, 1.82) is 0 Å². The van der Waals surface area contributed by atoms with E-state index in [9.17, 15) is 0 Å². The SMILES string of the molecule is CCc1cc2c(NC(c3ccc(OC)cc3)c3nccn3C)ncnc2s1. The van der Waals surface area contributed by atoms with E-state index in [0.717, 1.165) is 39.6 Å². The van der Waals surface area contributed by atoms with Gasteiger partial charge in [-0.3, -0.25) is 0 Å². The summed E-state index contributed by atoms with van der Waals surface area (Å²) in [6.07, 6.45) is 6.36. The third kappa shape index (κ3) is 3.38. The molecule has 0 bridgehead atoms. The molecule has 138 valence electrons. The van der Waals surface area contributed by atoms with E-state index < -0.39 is 0 Å². The van der Waals surface area contributed by atoms with Gasteiger partial charge in [-0.2, -0.15) is 0 Å². The molecule has 1 atom stereocenters. The van der Waals surface area contributed by atoms with Crippen LogP contribution < -0.4 is 10.1 Å². The molecule has 3 heterocycles. The fourth-order valence-electron chi connectivity index (χ4n) is 3.08. The van der Waals surface area contributed by atoms with Crippen LogP contribution in [-0.4, -0.2) is 26.6 Å². The van der Waals surface area contributed by atoms with Gasteiger partial charge in [0.05, 0.1) is 12.5 Å². The molecular weight excluding hydrogens is 358 g/mol. The molecule has 0 fully saturated rings. The highest BCUT2D eigenvalue weighted by atomic mass is 32.1. The van der Waals surface area contributed by atoms with Crippen LogP contribution in [0.15, 0.2) is 49.1 Å². The number of nitrogens with one attached hydrogen (secondary N) is 1. The second kappa shape index (κ2) is 7.36. The lowest BCUT2D eigenvalue weighted by Gasteiger charge is -2.20. The molecule has 0 aliphatic rings. The maximum atomic E-state index is 5.29. The van der Waals surface area contributed by atoms with Crippen LogP contribution in [0.1, 0.15) is 29.2 Å². The predicted octanol–water partition coefficient (Wildman–Crippen LogP) is 4.20. The Balaban J connectivity index is 1.77. The number of hydrogen-bond donors (Lipinski definition) is 1. The van der Waals surface area contributed by atoms with Gasteiger partial charge >= 0.3 is 0 Å². The highest BCUT2D eigenvalue weighted by Crippen LogP contribution is 2.32. The van der Waals surface area contributed by atoms with Crippen LogP contribution in [0.4, 0.5) is 5.82 Å². The Kier molecular flexibility index (Phi) is 4.77. The Morgan fingerprint density at radius 3 is 2.67 bits per heavy atom. The van der Waals surface area contributed by atoms with Crippen molar-refractivity contribution in [2.24, 2.45) is 7.05 Å². The van der Waals surface area contributed by atoms with Crippen molar-refractivity contribution >= 4 is 27.4 Å². The van der Waals surface area contributed by atoms with Crippen LogP contribution in [0.25, 0.3) is 10.2 Å². The molecule has 0 saturated heterocycles. The fraction of sp³-hybridized carbons (Fsp3) is 0.250. The van der Waals surface area contributed by atoms with Gasteiger partial charge in [0, 0.05) is 24.3 Å². The number of methoxy groups -OCH3 is 1. The molecule has 1 unspecified atom stereocenters. The van der Waals surface area contributed by atoms with E-state index in [1.165, 1.54) is 4.88 Å². The predicted molar refractivity (Wildman–Crippen MR) is 108 cm³/mol. The van der Waals surface area contributed by atoms with Crippen molar-refractivity contribution in [3.8, 4) is 5.75 Å². The second-order valence-corrected chi connectivity index (χ2v) is 7.37. The summed E-state index contributed by atoms with van der Waals surface area (Å²) in [6.45, 7) is 2.15. The standard InChI is InChI=1S/C20H21N5OS/c1-4-15-11-16-18(22-12-23-20(16)27-15)24-17(19-21-9-10-25(19)2)13-5-7-14(26-3)8-6-13/h5-12,17H,4H2,1-3H3,(H,22,23,24). The molecule has 6 nitrogen and oxygen atoms in total. The molecule has 4 rings (SSSR count). The van der Waals surface area contributed by atoms with E-state index in [-0.39, 0.29) is 6.04 Å². The Labute approximate surface area is 161 Å². The highest BCUT2D eigenvalue weighted by Gasteiger charge is 2.20. The van der Waals surface area contributed by atoms with Crippen LogP contribution in [0.2, 0.25) is 0 Å². The zero-order valence-corrected chi connectivity index (χ0v) is 16.3. The number of imidazole rings is 1. The van der Waals surface area contributed by atoms with E-state index in [0.29, 0.717) is 0 Å². The lowest BCUT2D eigenvalue weighted by atomic mass is 10.1. The molecule has 0 aliphatic heterocycles. The fourth-order valence-corrected chi connectivity index (χ4v) is 4.01. The van der Waals surface area contributed by atoms with Gasteiger partial charge in [-0.15, -0.1) is 11.3 Å². The number of aryl methyl sites for hydroxylation is 2. The first-order chi connectivity index (χ1) is 13.2. The van der Waals surface area contributed by atoms with Crippen molar-refractivity contribution in [3.05, 3.63) is 65.3 Å². The minimum Gasteiger partial charge on any atom is -0.497 e. The Bertz CT molecular complexity index is 1050. The largest absolute Gasteiger partial charge is 0.497 e. The number of hydrogen-bond acceptors (Lipinski definition) is 6. The summed E-state index contributed by atoms with van der Waals surface area (Å²) in [5, 5.41) is 4.64. The lowest BCUT2D eigenvalue weighted by molar-refractivity contribution is 0.414. The van der Waals surface area contributed by atoms with Gasteiger partial charge in [0.1, 0.15) is 34.6 Å². The monoisotopic (exact) mass is 379 g/mol. The Hall–Kier alpha value is -2.93. The van der Waals surface area contributed by atoms with E-state index in [2.05, 4.69) is 45.4 Å². The van der Waals surface area contributed by atoms with Gasteiger partial charge in [-0.25, -0.2) is 15.0 Å². The first-order valence-corrected chi connectivity index (χ1v) is 9.62. The molecule has 1 N–H and O–H groups in total. The van der Waals surface area contributed by atoms with Gasteiger partial charge in [-0.1, -0.05) is 19.1 Å². The molecule has 0 spiro atoms. The summed E-state index contributed by atoms with van der Waals surface area (Å²) in [5.41, 5.74) is 1.09. The number of fused-ring (bicyclic) bond motifs is 1. The summed E-state index contributed by atoms with van der Waals surface area (Å²) in [7, 11) is 3.67. The van der Waals surface area contributed by atoms with E-state index >= 15 is 0 Å². The van der Waals surface area contributed by atoms with E-state index in [1.807, 2.05) is 36.1 Å². The minimum atomic E-state index is -0.140. The van der Waals surface area contributed by atoms with Gasteiger partial charge in [0.2, 0.25) is 0 Å². The molecule has 1 aromatic carbocycles. The molecule has 27 heavy (non-hydrogen) atoms. The van der Waals surface area contributed by atoms with Crippen LogP contribution in [0.5, 0.6) is 5.75 Å². The summed E-state index contributed by atoms with van der Waals surface area (Å²) in [6, 6.07) is 10.1. The van der Waals surface area contributed by atoms with Crippen molar-refractivity contribution in [2.45, 2.75) is 19.4 Å². The number of thiophene rings is 1. The first-order valence-electron chi connectivity index (χ1n) is 8.80. The maximum Gasteiger partial charge on any atom is 0.139 e. The number of rotatable bonds is 6. The number of aromatic nitrogens is 4. The topological polar surface area (TPSA) is 64.9 Å². The number of ether oxygens (including phenoxy) is 1. The summed E-state index contributed by atoms with van der Waals surface area (Å²) in [4.78, 5) is 15.8. The molecule has 0 aliphatic carbocycles. The van der Waals surface area contributed by atoms with Crippen LogP contribution in [0, 0.1) is 0 Å². The minimum absolute atomic E-state index is 0.140.